The van der Waals surface area contributed by atoms with Crippen molar-refractivity contribution in [1.29, 1.82) is 0 Å². The molecule has 6 heteroatoms. The first kappa shape index (κ1) is 27.7. The number of rotatable bonds is 10. The van der Waals surface area contributed by atoms with Gasteiger partial charge >= 0.3 is 5.97 Å². The van der Waals surface area contributed by atoms with E-state index in [2.05, 4.69) is 45.0 Å². The van der Waals surface area contributed by atoms with Gasteiger partial charge in [-0.25, -0.2) is 0 Å². The first-order chi connectivity index (χ1) is 18.1. The molecular weight excluding hydrogens is 498 g/mol. The van der Waals surface area contributed by atoms with Crippen LogP contribution in [-0.2, 0) is 30.5 Å². The number of nitrogens with zero attached hydrogens (tertiary/aromatic N) is 1. The van der Waals surface area contributed by atoms with E-state index >= 15 is 0 Å². The monoisotopic (exact) mass is 533 g/mol. The number of aliphatic carboxylic acids is 1. The van der Waals surface area contributed by atoms with Gasteiger partial charge in [0.25, 0.3) is 5.91 Å². The second-order valence-electron chi connectivity index (χ2n) is 11.0. The summed E-state index contributed by atoms with van der Waals surface area (Å²) >= 11 is 5.96. The number of hydrogen-bond acceptors (Lipinski definition) is 3. The lowest BCUT2D eigenvalue weighted by molar-refractivity contribution is -0.137. The predicted molar refractivity (Wildman–Crippen MR) is 151 cm³/mol. The zero-order valence-electron chi connectivity index (χ0n) is 22.4. The van der Waals surface area contributed by atoms with E-state index in [1.165, 1.54) is 16.0 Å². The van der Waals surface area contributed by atoms with Crippen LogP contribution in [0.1, 0.15) is 59.8 Å². The Labute approximate surface area is 230 Å². The Morgan fingerprint density at radius 3 is 2.32 bits per heavy atom. The van der Waals surface area contributed by atoms with Crippen LogP contribution in [0.3, 0.4) is 0 Å². The van der Waals surface area contributed by atoms with Crippen molar-refractivity contribution in [3.05, 3.63) is 99.6 Å². The summed E-state index contributed by atoms with van der Waals surface area (Å²) in [6.07, 6.45) is 4.06. The van der Waals surface area contributed by atoms with Crippen LogP contribution < -0.4 is 4.74 Å². The van der Waals surface area contributed by atoms with Gasteiger partial charge in [-0.15, -0.1) is 0 Å². The highest BCUT2D eigenvalue weighted by Crippen LogP contribution is 2.36. The molecule has 1 atom stereocenters. The number of amides is 1. The van der Waals surface area contributed by atoms with Crippen molar-refractivity contribution in [2.24, 2.45) is 5.92 Å². The average Bonchev–Trinajstić information content (AvgIpc) is 2.87. The van der Waals surface area contributed by atoms with Gasteiger partial charge < -0.3 is 14.7 Å². The van der Waals surface area contributed by atoms with Crippen molar-refractivity contribution in [2.75, 3.05) is 13.1 Å². The molecule has 1 aliphatic heterocycles. The molecule has 5 nitrogen and oxygen atoms in total. The van der Waals surface area contributed by atoms with Crippen LogP contribution in [0.5, 0.6) is 5.75 Å². The number of carboxylic acids is 1. The summed E-state index contributed by atoms with van der Waals surface area (Å²) in [5, 5.41) is 10.0. The van der Waals surface area contributed by atoms with E-state index in [1.807, 2.05) is 24.3 Å². The molecule has 1 N–H and O–H groups in total. The predicted octanol–water partition coefficient (Wildman–Crippen LogP) is 6.63. The number of hydrogen-bond donors (Lipinski definition) is 1. The summed E-state index contributed by atoms with van der Waals surface area (Å²) in [4.78, 5) is 26.2. The van der Waals surface area contributed by atoms with E-state index in [0.29, 0.717) is 29.5 Å². The maximum absolute atomic E-state index is 13.3. The third-order valence-electron chi connectivity index (χ3n) is 7.03. The van der Waals surface area contributed by atoms with Gasteiger partial charge in [0.2, 0.25) is 0 Å². The lowest BCUT2D eigenvalue weighted by Gasteiger charge is -2.36. The number of aryl methyl sites for hydroxylation is 1. The molecule has 0 radical (unpaired) electrons. The number of carboxylic acid groups (broad SMARTS) is 1. The molecule has 1 amide bonds. The highest BCUT2D eigenvalue weighted by Gasteiger charge is 2.32. The molecule has 0 bridgehead atoms. The van der Waals surface area contributed by atoms with Gasteiger partial charge in [0, 0.05) is 23.6 Å². The van der Waals surface area contributed by atoms with Crippen molar-refractivity contribution in [3.8, 4) is 5.75 Å². The first-order valence-corrected chi connectivity index (χ1v) is 13.6. The zero-order valence-corrected chi connectivity index (χ0v) is 23.1. The van der Waals surface area contributed by atoms with Crippen molar-refractivity contribution in [3.63, 3.8) is 0 Å². The summed E-state index contributed by atoms with van der Waals surface area (Å²) in [6.45, 7) is 6.55. The minimum absolute atomic E-state index is 0.293. The molecule has 1 heterocycles. The second-order valence-corrected chi connectivity index (χ2v) is 11.4. The molecule has 0 aliphatic carbocycles. The SMILES string of the molecule is CC(C)Cc1ccc(C[C@@]2(C)CCc3cc(C(=O)N(CCc4ccc(Cl)cc4)CC(=O)O)ccc3O2)cc1. The van der Waals surface area contributed by atoms with Crippen LogP contribution in [0.4, 0.5) is 0 Å². The molecule has 0 saturated carbocycles. The molecule has 200 valence electrons. The van der Waals surface area contributed by atoms with E-state index in [4.69, 9.17) is 16.3 Å². The maximum Gasteiger partial charge on any atom is 0.323 e. The third kappa shape index (κ3) is 7.38. The second kappa shape index (κ2) is 12.0. The van der Waals surface area contributed by atoms with Crippen LogP contribution in [0.2, 0.25) is 5.02 Å². The van der Waals surface area contributed by atoms with E-state index < -0.39 is 5.97 Å². The number of ether oxygens (including phenoxy) is 1. The van der Waals surface area contributed by atoms with E-state index in [-0.39, 0.29) is 18.1 Å². The Morgan fingerprint density at radius 1 is 1.00 bits per heavy atom. The minimum Gasteiger partial charge on any atom is -0.487 e. The minimum atomic E-state index is -1.04. The maximum atomic E-state index is 13.3. The van der Waals surface area contributed by atoms with Gasteiger partial charge in [0.05, 0.1) is 0 Å². The van der Waals surface area contributed by atoms with E-state index in [9.17, 15) is 14.7 Å². The van der Waals surface area contributed by atoms with Crippen molar-refractivity contribution < 1.29 is 19.4 Å². The fraction of sp³-hybridized carbons (Fsp3) is 0.375. The first-order valence-electron chi connectivity index (χ1n) is 13.3. The Bertz CT molecular complexity index is 1270. The van der Waals surface area contributed by atoms with E-state index in [1.54, 1.807) is 18.2 Å². The zero-order chi connectivity index (χ0) is 27.3. The van der Waals surface area contributed by atoms with Crippen molar-refractivity contribution in [2.45, 2.75) is 58.5 Å². The van der Waals surface area contributed by atoms with Crippen LogP contribution >= 0.6 is 11.6 Å². The van der Waals surface area contributed by atoms with Crippen molar-refractivity contribution in [1.82, 2.24) is 4.90 Å². The lowest BCUT2D eigenvalue weighted by atomic mass is 9.86. The highest BCUT2D eigenvalue weighted by molar-refractivity contribution is 6.30. The van der Waals surface area contributed by atoms with Crippen LogP contribution in [0.15, 0.2) is 66.7 Å². The average molecular weight is 534 g/mol. The Balaban J connectivity index is 1.43. The fourth-order valence-electron chi connectivity index (χ4n) is 5.06. The van der Waals surface area contributed by atoms with Crippen LogP contribution in [0, 0.1) is 5.92 Å². The normalized spacial score (nSPS) is 16.6. The van der Waals surface area contributed by atoms with Gasteiger partial charge in [0.15, 0.2) is 0 Å². The molecule has 3 aromatic rings. The molecule has 3 aromatic carbocycles. The number of carbonyl (C=O) groups excluding carboxylic acids is 1. The van der Waals surface area contributed by atoms with E-state index in [0.717, 1.165) is 42.6 Å². The molecule has 4 rings (SSSR count). The molecular formula is C32H36ClNO4. The molecule has 0 fully saturated rings. The lowest BCUT2D eigenvalue weighted by Crippen LogP contribution is -2.39. The Kier molecular flexibility index (Phi) is 8.78. The summed E-state index contributed by atoms with van der Waals surface area (Å²) in [6, 6.07) is 21.6. The quantitative estimate of drug-likeness (QED) is 0.317. The molecule has 0 saturated heterocycles. The molecule has 1 aliphatic rings. The fourth-order valence-corrected chi connectivity index (χ4v) is 5.18. The molecule has 0 spiro atoms. The molecule has 0 aromatic heterocycles. The van der Waals surface area contributed by atoms with Gasteiger partial charge in [-0.1, -0.05) is 61.8 Å². The van der Waals surface area contributed by atoms with Crippen LogP contribution in [-0.4, -0.2) is 40.6 Å². The van der Waals surface area contributed by atoms with Gasteiger partial charge in [-0.3, -0.25) is 9.59 Å². The number of halogens is 1. The Hall–Kier alpha value is -3.31. The molecule has 38 heavy (non-hydrogen) atoms. The van der Waals surface area contributed by atoms with Gasteiger partial charge in [0.1, 0.15) is 17.9 Å². The third-order valence-corrected chi connectivity index (χ3v) is 7.28. The number of fused-ring (bicyclic) bond motifs is 1. The van der Waals surface area contributed by atoms with Crippen LogP contribution in [0.25, 0.3) is 0 Å². The van der Waals surface area contributed by atoms with Crippen molar-refractivity contribution >= 4 is 23.5 Å². The van der Waals surface area contributed by atoms with Gasteiger partial charge in [-0.2, -0.15) is 0 Å². The van der Waals surface area contributed by atoms with Gasteiger partial charge in [-0.05, 0) is 91.1 Å². The Morgan fingerprint density at radius 2 is 1.66 bits per heavy atom. The summed E-state index contributed by atoms with van der Waals surface area (Å²) in [5.74, 6) is 0.0911. The summed E-state index contributed by atoms with van der Waals surface area (Å²) in [5.41, 5.74) is 4.73. The molecule has 0 unspecified atom stereocenters. The summed E-state index contributed by atoms with van der Waals surface area (Å²) in [7, 11) is 0. The summed E-state index contributed by atoms with van der Waals surface area (Å²) < 4.78 is 6.46. The number of benzene rings is 3. The number of carbonyl (C=O) groups is 2. The largest absolute Gasteiger partial charge is 0.487 e. The highest BCUT2D eigenvalue weighted by atomic mass is 35.5. The topological polar surface area (TPSA) is 66.8 Å². The standard InChI is InChI=1S/C32H36ClNO4/c1-22(2)18-24-4-6-25(7-5-24)20-32(3)16-14-26-19-27(10-13-29(26)38-32)31(37)34(21-30(35)36)17-15-23-8-11-28(33)12-9-23/h4-13,19,22H,14-18,20-21H2,1-3H3,(H,35,36)/t32-/m1/s1. The smallest absolute Gasteiger partial charge is 0.323 e.